The molecular weight excluding hydrogens is 591 g/mol. The monoisotopic (exact) mass is 614 g/mol. The molecule has 36 heavy (non-hydrogen) atoms. The number of hydrogen-bond acceptors (Lipinski definition) is 5. The van der Waals surface area contributed by atoms with E-state index in [-0.39, 0.29) is 29.0 Å². The molecule has 0 unspecified atom stereocenters. The van der Waals surface area contributed by atoms with Crippen molar-refractivity contribution in [2.45, 2.75) is 25.7 Å². The lowest BCUT2D eigenvalue weighted by atomic mass is 10.00. The molecule has 0 fully saturated rings. The number of aromatic nitrogens is 1. The van der Waals surface area contributed by atoms with Crippen LogP contribution in [0, 0.1) is 26.8 Å². The minimum absolute atomic E-state index is 0.0463. The predicted octanol–water partition coefficient (Wildman–Crippen LogP) is 6.18. The number of rotatable bonds is 11. The average Bonchev–Trinajstić information content (AvgIpc) is 2.84. The maximum Gasteiger partial charge on any atom is 0.277 e. The van der Waals surface area contributed by atoms with E-state index in [1.807, 2.05) is 22.6 Å². The second-order valence-corrected chi connectivity index (χ2v) is 8.99. The summed E-state index contributed by atoms with van der Waals surface area (Å²) in [5.74, 6) is -5.69. The molecule has 0 spiro atoms. The van der Waals surface area contributed by atoms with E-state index in [9.17, 15) is 13.6 Å². The van der Waals surface area contributed by atoms with Crippen LogP contribution < -0.4 is 16.5 Å². The molecule has 0 atom stereocenters. The summed E-state index contributed by atoms with van der Waals surface area (Å²) >= 11 is 1.90. The Balaban J connectivity index is 1.97. The van der Waals surface area contributed by atoms with Crippen LogP contribution in [0.15, 0.2) is 49.2 Å². The molecular formula is C25H23F4IN4O2. The third-order valence-electron chi connectivity index (χ3n) is 5.16. The van der Waals surface area contributed by atoms with Crippen LogP contribution in [0.4, 0.5) is 34.8 Å². The van der Waals surface area contributed by atoms with Crippen molar-refractivity contribution in [1.29, 1.82) is 0 Å². The van der Waals surface area contributed by atoms with Gasteiger partial charge < -0.3 is 11.1 Å². The first-order valence-corrected chi connectivity index (χ1v) is 12.0. The second kappa shape index (κ2) is 12.7. The molecule has 3 rings (SSSR count). The summed E-state index contributed by atoms with van der Waals surface area (Å²) in [5, 5.41) is 2.46. The normalized spacial score (nSPS) is 10.8. The number of nitrogen functional groups attached to an aromatic ring is 1. The summed E-state index contributed by atoms with van der Waals surface area (Å²) in [7, 11) is 0. The maximum atomic E-state index is 15.3. The zero-order valence-electron chi connectivity index (χ0n) is 19.0. The van der Waals surface area contributed by atoms with E-state index < -0.39 is 47.1 Å². The first-order valence-electron chi connectivity index (χ1n) is 10.9. The lowest BCUT2D eigenvalue weighted by Crippen LogP contribution is -2.26. The highest BCUT2D eigenvalue weighted by Gasteiger charge is 2.25. The number of hydrogen-bond donors (Lipinski definition) is 3. The molecule has 0 aliphatic heterocycles. The molecule has 11 heteroatoms. The first kappa shape index (κ1) is 27.4. The highest BCUT2D eigenvalue weighted by Crippen LogP contribution is 2.32. The minimum atomic E-state index is -1.44. The number of carbonyl (C=O) groups excluding carboxylic acids is 1. The molecule has 0 saturated carbocycles. The number of halogens is 5. The number of unbranched alkanes of at least 4 members (excludes halogenated alkanes) is 2. The van der Waals surface area contributed by atoms with Crippen LogP contribution in [-0.4, -0.2) is 17.5 Å². The topological polar surface area (TPSA) is 89.3 Å². The Morgan fingerprint density at radius 1 is 1.08 bits per heavy atom. The molecule has 3 aromatic rings. The fourth-order valence-corrected chi connectivity index (χ4v) is 3.77. The molecule has 6 nitrogen and oxygen atoms in total. The molecule has 0 radical (unpaired) electrons. The molecule has 0 aliphatic carbocycles. The summed E-state index contributed by atoms with van der Waals surface area (Å²) in [6, 6.07) is 6.39. The van der Waals surface area contributed by atoms with Gasteiger partial charge in [0.2, 0.25) is 0 Å². The Bertz CT molecular complexity index is 1270. The number of anilines is 3. The van der Waals surface area contributed by atoms with Crippen LogP contribution in [-0.2, 0) is 11.3 Å². The smallest absolute Gasteiger partial charge is 0.277 e. The van der Waals surface area contributed by atoms with Crippen LogP contribution in [0.25, 0.3) is 0 Å². The van der Waals surface area contributed by atoms with Gasteiger partial charge in [-0.05, 0) is 83.3 Å². The van der Waals surface area contributed by atoms with Crippen molar-refractivity contribution in [3.63, 3.8) is 0 Å². The van der Waals surface area contributed by atoms with Gasteiger partial charge in [0, 0.05) is 16.2 Å². The standard InChI is InChI=1S/C25H23F4IN4O2/c1-2-3-4-5-10-36-34-25(35)17-12-15(11-14-8-9-32-24(31)21(14)28)20(27)22(29)23(17)33-19-7-6-16(30)13-18(19)26/h2,6-9,12-13,33H,1,3-5,10-11H2,(H2,31,32)(H,34,35). The van der Waals surface area contributed by atoms with Gasteiger partial charge >= 0.3 is 0 Å². The van der Waals surface area contributed by atoms with Crippen LogP contribution in [0.3, 0.4) is 0 Å². The fraction of sp³-hybridized carbons (Fsp3) is 0.200. The van der Waals surface area contributed by atoms with Gasteiger partial charge in [-0.3, -0.25) is 9.63 Å². The van der Waals surface area contributed by atoms with Gasteiger partial charge in [-0.25, -0.2) is 28.0 Å². The van der Waals surface area contributed by atoms with Crippen LogP contribution in [0.1, 0.15) is 40.7 Å². The minimum Gasteiger partial charge on any atom is -0.381 e. The largest absolute Gasteiger partial charge is 0.381 e. The number of nitrogens with zero attached hydrogens (tertiary/aromatic N) is 1. The summed E-state index contributed by atoms with van der Waals surface area (Å²) < 4.78 is 59.7. The van der Waals surface area contributed by atoms with E-state index in [0.29, 0.717) is 9.99 Å². The van der Waals surface area contributed by atoms with Crippen molar-refractivity contribution in [2.24, 2.45) is 0 Å². The van der Waals surface area contributed by atoms with Gasteiger partial charge in [0.1, 0.15) is 5.82 Å². The molecule has 0 aliphatic rings. The fourth-order valence-electron chi connectivity index (χ4n) is 3.31. The molecule has 0 bridgehead atoms. The third kappa shape index (κ3) is 6.72. The highest BCUT2D eigenvalue weighted by atomic mass is 127. The molecule has 1 heterocycles. The van der Waals surface area contributed by atoms with Crippen molar-refractivity contribution < 1.29 is 27.2 Å². The van der Waals surface area contributed by atoms with Gasteiger partial charge in [-0.1, -0.05) is 6.08 Å². The number of benzene rings is 2. The summed E-state index contributed by atoms with van der Waals surface area (Å²) in [5.41, 5.74) is 6.16. The van der Waals surface area contributed by atoms with Crippen molar-refractivity contribution in [2.75, 3.05) is 17.7 Å². The molecule has 0 saturated heterocycles. The molecule has 4 N–H and O–H groups in total. The number of carbonyl (C=O) groups is 1. The number of pyridine rings is 1. The summed E-state index contributed by atoms with van der Waals surface area (Å²) in [4.78, 5) is 21.7. The van der Waals surface area contributed by atoms with Gasteiger partial charge in [0.05, 0.1) is 23.5 Å². The van der Waals surface area contributed by atoms with Gasteiger partial charge in [0.15, 0.2) is 23.3 Å². The van der Waals surface area contributed by atoms with E-state index in [1.165, 1.54) is 24.4 Å². The van der Waals surface area contributed by atoms with E-state index >= 15 is 8.78 Å². The van der Waals surface area contributed by atoms with Gasteiger partial charge in [-0.2, -0.15) is 0 Å². The van der Waals surface area contributed by atoms with Crippen molar-refractivity contribution in [3.8, 4) is 0 Å². The quantitative estimate of drug-likeness (QED) is 0.0790. The number of nitrogens with one attached hydrogen (secondary N) is 2. The Kier molecular flexibility index (Phi) is 9.65. The third-order valence-corrected chi connectivity index (χ3v) is 5.84. The van der Waals surface area contributed by atoms with E-state index in [0.717, 1.165) is 18.9 Å². The van der Waals surface area contributed by atoms with Crippen molar-refractivity contribution in [1.82, 2.24) is 10.5 Å². The summed E-state index contributed by atoms with van der Waals surface area (Å²) in [6.45, 7) is 3.79. The maximum absolute atomic E-state index is 15.3. The molecule has 190 valence electrons. The van der Waals surface area contributed by atoms with Crippen LogP contribution in [0.5, 0.6) is 0 Å². The summed E-state index contributed by atoms with van der Waals surface area (Å²) in [6.07, 6.45) is 4.75. The SMILES string of the molecule is C=CCCCCONC(=O)c1cc(Cc2ccnc(N)c2F)c(F)c(F)c1Nc1ccc(I)cc1F. The Hall–Kier alpha value is -3.19. The van der Waals surface area contributed by atoms with E-state index in [2.05, 4.69) is 22.4 Å². The Morgan fingerprint density at radius 2 is 1.86 bits per heavy atom. The zero-order chi connectivity index (χ0) is 26.2. The van der Waals surface area contributed by atoms with Crippen LogP contribution in [0.2, 0.25) is 0 Å². The van der Waals surface area contributed by atoms with Gasteiger partial charge in [-0.15, -0.1) is 6.58 Å². The van der Waals surface area contributed by atoms with Crippen molar-refractivity contribution >= 4 is 45.7 Å². The lowest BCUT2D eigenvalue weighted by Gasteiger charge is -2.17. The average molecular weight is 614 g/mol. The number of nitrogens with two attached hydrogens (primary N) is 1. The number of amides is 1. The van der Waals surface area contributed by atoms with Crippen molar-refractivity contribution in [3.05, 3.63) is 92.7 Å². The number of hydroxylamine groups is 1. The second-order valence-electron chi connectivity index (χ2n) is 7.75. The number of allylic oxidation sites excluding steroid dienone is 1. The van der Waals surface area contributed by atoms with Crippen LogP contribution >= 0.6 is 22.6 Å². The molecule has 1 amide bonds. The molecule has 1 aromatic heterocycles. The van der Waals surface area contributed by atoms with Gasteiger partial charge in [0.25, 0.3) is 5.91 Å². The lowest BCUT2D eigenvalue weighted by molar-refractivity contribution is 0.0300. The van der Waals surface area contributed by atoms with E-state index in [4.69, 9.17) is 10.6 Å². The Labute approximate surface area is 219 Å². The first-order chi connectivity index (χ1) is 17.2. The predicted molar refractivity (Wildman–Crippen MR) is 138 cm³/mol. The highest BCUT2D eigenvalue weighted by molar-refractivity contribution is 14.1. The Morgan fingerprint density at radius 3 is 2.58 bits per heavy atom. The molecule has 2 aromatic carbocycles. The van der Waals surface area contributed by atoms with E-state index in [1.54, 1.807) is 12.1 Å². The zero-order valence-corrected chi connectivity index (χ0v) is 21.2.